The molecule has 0 radical (unpaired) electrons. The zero-order valence-electron chi connectivity index (χ0n) is 31.1. The molecule has 278 valence electrons. The van der Waals surface area contributed by atoms with E-state index in [4.69, 9.17) is 18.9 Å². The molecule has 0 spiro atoms. The number of aliphatic carboxylic acids is 1. The van der Waals surface area contributed by atoms with Crippen LogP contribution in [-0.4, -0.2) is 102 Å². The lowest BCUT2D eigenvalue weighted by Gasteiger charge is -2.52. The molecule has 1 fully saturated rings. The number of ether oxygens (including phenoxy) is 4. The molecule has 13 nitrogen and oxygen atoms in total. The molecular formula is C39H49N5O8. The Kier molecular flexibility index (Phi) is 11.5. The Morgan fingerprint density at radius 2 is 1.62 bits per heavy atom. The second kappa shape index (κ2) is 15.6. The van der Waals surface area contributed by atoms with Crippen LogP contribution in [0.5, 0.6) is 17.2 Å². The Morgan fingerprint density at radius 1 is 0.981 bits per heavy atom. The van der Waals surface area contributed by atoms with Crippen molar-refractivity contribution in [2.75, 3.05) is 41.5 Å². The van der Waals surface area contributed by atoms with Gasteiger partial charge in [-0.15, -0.1) is 0 Å². The second-order valence-corrected chi connectivity index (χ2v) is 14.0. The lowest BCUT2D eigenvalue weighted by Crippen LogP contribution is -2.73. The first-order chi connectivity index (χ1) is 24.7. The SMILES string of the molecule is COc1cc(C(=O)N(C)C[C@H](Cc2ccccc2)N(NN2CC[C@@]2(C(=O)O)c2c[nH]c3ccccc23)[C@@H](C)C(=O)OC(C)(C)C)cc(OC)c1OC. The van der Waals surface area contributed by atoms with Crippen LogP contribution in [0, 0.1) is 0 Å². The Bertz CT molecular complexity index is 1870. The number of hydrogen-bond acceptors (Lipinski definition) is 10. The third-order valence-electron chi connectivity index (χ3n) is 9.40. The van der Waals surface area contributed by atoms with Crippen LogP contribution in [0.4, 0.5) is 0 Å². The molecule has 0 saturated carbocycles. The molecule has 1 amide bonds. The average molecular weight is 716 g/mol. The van der Waals surface area contributed by atoms with Gasteiger partial charge in [-0.05, 0) is 64.3 Å². The minimum absolute atomic E-state index is 0.130. The molecule has 1 aliphatic rings. The number of carbonyl (C=O) groups excluding carboxylic acids is 2. The highest BCUT2D eigenvalue weighted by molar-refractivity contribution is 5.95. The third kappa shape index (κ3) is 7.71. The highest BCUT2D eigenvalue weighted by Gasteiger charge is 2.55. The van der Waals surface area contributed by atoms with Crippen molar-refractivity contribution in [3.05, 3.63) is 89.6 Å². The van der Waals surface area contributed by atoms with Crippen LogP contribution in [0.25, 0.3) is 10.9 Å². The number of methoxy groups -OCH3 is 3. The standard InChI is InChI=1S/C39H49N5O8/c1-25(36(46)52-38(2,3)4)44(41-43-19-18-39(43,37(47)48)30-23-40-31-17-13-12-16-29(30)31)28(20-26-14-10-9-11-15-26)24-42(5)35(45)27-21-32(49-6)34(51-8)33(22-27)50-7/h9-17,21-23,25,28,40-41H,18-20,24H2,1-8H3,(H,47,48)/t25-,28-,39-/m0/s1. The van der Waals surface area contributed by atoms with Crippen molar-refractivity contribution in [2.24, 2.45) is 0 Å². The number of carboxylic acid groups (broad SMARTS) is 1. The number of nitrogens with zero attached hydrogens (tertiary/aromatic N) is 3. The first-order valence-corrected chi connectivity index (χ1v) is 17.2. The molecule has 0 bridgehead atoms. The number of H-pyrrole nitrogens is 1. The molecule has 3 aromatic carbocycles. The van der Waals surface area contributed by atoms with Crippen molar-refractivity contribution in [2.45, 2.75) is 63.8 Å². The lowest BCUT2D eigenvalue weighted by atomic mass is 9.79. The van der Waals surface area contributed by atoms with Gasteiger partial charge in [0.05, 0.1) is 21.3 Å². The molecule has 52 heavy (non-hydrogen) atoms. The number of esters is 1. The van der Waals surface area contributed by atoms with E-state index in [0.717, 1.165) is 16.5 Å². The van der Waals surface area contributed by atoms with Crippen molar-refractivity contribution >= 4 is 28.7 Å². The number of aromatic amines is 1. The van der Waals surface area contributed by atoms with Crippen molar-refractivity contribution in [1.82, 2.24) is 25.4 Å². The van der Waals surface area contributed by atoms with Crippen LogP contribution in [0.2, 0.25) is 0 Å². The molecule has 3 atom stereocenters. The predicted octanol–water partition coefficient (Wildman–Crippen LogP) is 5.01. The number of hydrogen-bond donors (Lipinski definition) is 3. The summed E-state index contributed by atoms with van der Waals surface area (Å²) in [4.78, 5) is 46.0. The van der Waals surface area contributed by atoms with E-state index in [1.807, 2.05) is 54.6 Å². The minimum atomic E-state index is -1.44. The van der Waals surface area contributed by atoms with E-state index in [0.29, 0.717) is 47.8 Å². The fraction of sp³-hybridized carbons (Fsp3) is 0.410. The van der Waals surface area contributed by atoms with E-state index < -0.39 is 35.2 Å². The number of aromatic nitrogens is 1. The highest BCUT2D eigenvalue weighted by Crippen LogP contribution is 2.43. The van der Waals surface area contributed by atoms with E-state index in [9.17, 15) is 19.5 Å². The lowest BCUT2D eigenvalue weighted by molar-refractivity contribution is -0.194. The molecule has 5 rings (SSSR count). The summed E-state index contributed by atoms with van der Waals surface area (Å²) < 4.78 is 22.3. The Morgan fingerprint density at radius 3 is 2.17 bits per heavy atom. The number of likely N-dealkylation sites (N-methyl/N-ethyl adjacent to an activating group) is 1. The molecule has 1 aromatic heterocycles. The number of carboxylic acids is 1. The fourth-order valence-corrected chi connectivity index (χ4v) is 6.70. The number of hydrazine groups is 2. The van der Waals surface area contributed by atoms with Gasteiger partial charge in [0, 0.05) is 54.4 Å². The summed E-state index contributed by atoms with van der Waals surface area (Å²) in [6.07, 6.45) is 2.46. The molecule has 2 heterocycles. The van der Waals surface area contributed by atoms with E-state index >= 15 is 0 Å². The number of fused-ring (bicyclic) bond motifs is 1. The van der Waals surface area contributed by atoms with Gasteiger partial charge in [0.2, 0.25) is 5.75 Å². The van der Waals surface area contributed by atoms with Crippen LogP contribution in [-0.2, 0) is 26.3 Å². The van der Waals surface area contributed by atoms with Gasteiger partial charge in [0.25, 0.3) is 5.91 Å². The Hall–Kier alpha value is -5.11. The van der Waals surface area contributed by atoms with Gasteiger partial charge in [-0.1, -0.05) is 48.5 Å². The fourth-order valence-electron chi connectivity index (χ4n) is 6.70. The summed E-state index contributed by atoms with van der Waals surface area (Å²) >= 11 is 0. The number of rotatable bonds is 15. The van der Waals surface area contributed by atoms with Gasteiger partial charge in [0.15, 0.2) is 17.0 Å². The summed E-state index contributed by atoms with van der Waals surface area (Å²) in [6, 6.07) is 19.0. The highest BCUT2D eigenvalue weighted by atomic mass is 16.6. The molecule has 1 aliphatic heterocycles. The molecule has 0 unspecified atom stereocenters. The van der Waals surface area contributed by atoms with Crippen molar-refractivity contribution in [3.8, 4) is 17.2 Å². The van der Waals surface area contributed by atoms with E-state index in [-0.39, 0.29) is 12.5 Å². The zero-order chi connectivity index (χ0) is 37.8. The van der Waals surface area contributed by atoms with Crippen LogP contribution in [0.3, 0.4) is 0 Å². The largest absolute Gasteiger partial charge is 0.493 e. The van der Waals surface area contributed by atoms with Gasteiger partial charge in [-0.3, -0.25) is 9.59 Å². The molecule has 3 N–H and O–H groups in total. The number of carbonyl (C=O) groups is 3. The molecule has 0 aliphatic carbocycles. The minimum Gasteiger partial charge on any atom is -0.493 e. The number of nitrogens with one attached hydrogen (secondary N) is 2. The smallest absolute Gasteiger partial charge is 0.330 e. The monoisotopic (exact) mass is 715 g/mol. The molecular weight excluding hydrogens is 666 g/mol. The van der Waals surface area contributed by atoms with E-state index in [1.165, 1.54) is 21.3 Å². The predicted molar refractivity (Wildman–Crippen MR) is 196 cm³/mol. The van der Waals surface area contributed by atoms with Crippen molar-refractivity contribution in [3.63, 3.8) is 0 Å². The van der Waals surface area contributed by atoms with Gasteiger partial charge in [0.1, 0.15) is 11.6 Å². The second-order valence-electron chi connectivity index (χ2n) is 14.0. The third-order valence-corrected chi connectivity index (χ3v) is 9.40. The maximum absolute atomic E-state index is 14.1. The van der Waals surface area contributed by atoms with Gasteiger partial charge in [-0.2, -0.15) is 5.53 Å². The molecule has 13 heteroatoms. The van der Waals surface area contributed by atoms with Gasteiger partial charge < -0.3 is 33.9 Å². The number of para-hydroxylation sites is 1. The first kappa shape index (κ1) is 38.1. The zero-order valence-corrected chi connectivity index (χ0v) is 31.1. The van der Waals surface area contributed by atoms with Gasteiger partial charge >= 0.3 is 11.9 Å². The Balaban J connectivity index is 1.56. The summed E-state index contributed by atoms with van der Waals surface area (Å²) in [5, 5.41) is 15.0. The summed E-state index contributed by atoms with van der Waals surface area (Å²) in [5.41, 5.74) is 3.84. The van der Waals surface area contributed by atoms with E-state index in [1.54, 1.807) is 68.0 Å². The van der Waals surface area contributed by atoms with E-state index in [2.05, 4.69) is 10.5 Å². The Labute approximate surface area is 304 Å². The first-order valence-electron chi connectivity index (χ1n) is 17.2. The maximum atomic E-state index is 14.1. The van der Waals surface area contributed by atoms with Crippen LogP contribution in [0.1, 0.15) is 55.6 Å². The normalized spacial score (nSPS) is 17.2. The van der Waals surface area contributed by atoms with Crippen LogP contribution in [0.15, 0.2) is 72.9 Å². The van der Waals surface area contributed by atoms with Crippen LogP contribution >= 0.6 is 0 Å². The average Bonchev–Trinajstić information content (AvgIpc) is 3.53. The molecule has 4 aromatic rings. The van der Waals surface area contributed by atoms with Gasteiger partial charge in [-0.25, -0.2) is 14.8 Å². The molecule has 1 saturated heterocycles. The summed E-state index contributed by atoms with van der Waals surface area (Å²) in [7, 11) is 6.13. The maximum Gasteiger partial charge on any atom is 0.330 e. The number of amides is 1. The van der Waals surface area contributed by atoms with Crippen LogP contribution < -0.4 is 19.7 Å². The quantitative estimate of drug-likeness (QED) is 0.113. The summed E-state index contributed by atoms with van der Waals surface area (Å²) in [6.45, 7) is 7.61. The van der Waals surface area contributed by atoms with Crippen molar-refractivity contribution < 1.29 is 38.4 Å². The topological polar surface area (TPSA) is 146 Å². The van der Waals surface area contributed by atoms with Crippen molar-refractivity contribution in [1.29, 1.82) is 0 Å². The summed E-state index contributed by atoms with van der Waals surface area (Å²) in [5.74, 6) is -0.840. The number of benzene rings is 3.